The van der Waals surface area contributed by atoms with Gasteiger partial charge in [0.2, 0.25) is 0 Å². The molecule has 1 aliphatic heterocycles. The summed E-state index contributed by atoms with van der Waals surface area (Å²) in [6.45, 7) is 2.62. The average molecular weight is 151 g/mol. The van der Waals surface area contributed by atoms with Gasteiger partial charge in [0.15, 0.2) is 0 Å². The summed E-state index contributed by atoms with van der Waals surface area (Å²) in [4.78, 5) is 0. The van der Waals surface area contributed by atoms with Gasteiger partial charge in [-0.3, -0.25) is 0 Å². The number of nitrogens with one attached hydrogen (secondary N) is 1. The molecule has 0 amide bonds. The fourth-order valence-electron chi connectivity index (χ4n) is 1.51. The molecule has 0 radical (unpaired) electrons. The van der Waals surface area contributed by atoms with Gasteiger partial charge in [0.05, 0.1) is 0 Å². The van der Waals surface area contributed by atoms with Crippen molar-refractivity contribution in [2.45, 2.75) is 19.3 Å². The maximum absolute atomic E-state index is 3.30. The van der Waals surface area contributed by atoms with E-state index >= 15 is 0 Å². The van der Waals surface area contributed by atoms with Crippen molar-refractivity contribution in [3.63, 3.8) is 0 Å². The predicted octanol–water partition coefficient (Wildman–Crippen LogP) is -1.79. The van der Waals surface area contributed by atoms with Crippen LogP contribution in [0, 0.1) is 12.8 Å². The summed E-state index contributed by atoms with van der Waals surface area (Å²) < 4.78 is 0. The molecule has 1 saturated heterocycles. The van der Waals surface area contributed by atoms with Crippen molar-refractivity contribution >= 4 is 0 Å². The van der Waals surface area contributed by atoms with Crippen molar-refractivity contribution in [3.05, 3.63) is 7.43 Å². The first kappa shape index (κ1) is 10.6. The third-order valence-corrected chi connectivity index (χ3v) is 2.41. The van der Waals surface area contributed by atoms with Crippen molar-refractivity contribution in [2.24, 2.45) is 5.41 Å². The zero-order valence-corrected chi connectivity index (χ0v) is 9.66. The molecule has 0 aromatic heterocycles. The maximum atomic E-state index is 3.30. The quantitative estimate of drug-likeness (QED) is 0.319. The average Bonchev–Trinajstić information content (AvgIpc) is 1.20. The largest absolute Gasteiger partial charge is 1.00 e. The summed E-state index contributed by atoms with van der Waals surface area (Å²) in [6.07, 6.45) is 4.49. The van der Waals surface area contributed by atoms with E-state index in [2.05, 4.69) is 5.32 Å². The van der Waals surface area contributed by atoms with E-state index in [4.69, 9.17) is 0 Å². The van der Waals surface area contributed by atoms with Gasteiger partial charge in [-0.15, -0.1) is 0 Å². The summed E-state index contributed by atoms with van der Waals surface area (Å²) in [7, 11) is 0. The van der Waals surface area contributed by atoms with Gasteiger partial charge in [-0.05, 0) is 18.3 Å². The van der Waals surface area contributed by atoms with Gasteiger partial charge in [-0.25, -0.2) is 0 Å². The molecule has 0 aromatic rings. The molecule has 0 unspecified atom stereocenters. The van der Waals surface area contributed by atoms with Gasteiger partial charge in [0, 0.05) is 13.1 Å². The molecule has 1 aliphatic carbocycles. The van der Waals surface area contributed by atoms with Gasteiger partial charge in [-0.2, -0.15) is 0 Å². The zero-order chi connectivity index (χ0) is 4.74. The van der Waals surface area contributed by atoms with Crippen LogP contribution >= 0.6 is 0 Å². The Bertz CT molecular complexity index is 69.4. The zero-order valence-electron chi connectivity index (χ0n) is 6.54. The minimum Gasteiger partial charge on any atom is -0.358 e. The van der Waals surface area contributed by atoms with Crippen molar-refractivity contribution in [1.82, 2.24) is 5.32 Å². The fraction of sp³-hybridized carbons (Fsp3) is 0.857. The molecular weight excluding hydrogens is 137 g/mol. The monoisotopic (exact) mass is 151 g/mol. The topological polar surface area (TPSA) is 12.0 Å². The van der Waals surface area contributed by atoms with E-state index in [0.29, 0.717) is 0 Å². The summed E-state index contributed by atoms with van der Waals surface area (Å²) in [6, 6.07) is 0. The van der Waals surface area contributed by atoms with Gasteiger partial charge >= 0.3 is 51.4 Å². The SMILES string of the molecule is C1CC2(C1)CNC2.[CH3-].[K+]. The third-order valence-electron chi connectivity index (χ3n) is 2.41. The second-order valence-corrected chi connectivity index (χ2v) is 2.96. The van der Waals surface area contributed by atoms with E-state index in [1.54, 1.807) is 0 Å². The van der Waals surface area contributed by atoms with Crippen LogP contribution in [-0.4, -0.2) is 13.1 Å². The standard InChI is InChI=1S/C6H11N.CH3.K/c1-2-6(3-1)4-7-5-6;;/h7H,1-5H2;1H3;/q;-1;+1. The Labute approximate surface area is 100 Å². The second kappa shape index (κ2) is 3.84. The Morgan fingerprint density at radius 1 is 1.11 bits per heavy atom. The van der Waals surface area contributed by atoms with Crippen LogP contribution in [0.1, 0.15) is 19.3 Å². The number of rotatable bonds is 0. The van der Waals surface area contributed by atoms with Crippen LogP contribution in [0.5, 0.6) is 0 Å². The number of hydrogen-bond acceptors (Lipinski definition) is 1. The molecule has 0 atom stereocenters. The van der Waals surface area contributed by atoms with Crippen LogP contribution in [0.15, 0.2) is 0 Å². The molecule has 2 rings (SSSR count). The molecule has 1 heterocycles. The van der Waals surface area contributed by atoms with Crippen LogP contribution in [0.4, 0.5) is 0 Å². The Morgan fingerprint density at radius 3 is 1.67 bits per heavy atom. The first-order valence-electron chi connectivity index (χ1n) is 3.12. The molecule has 1 N–H and O–H groups in total. The summed E-state index contributed by atoms with van der Waals surface area (Å²) in [5.41, 5.74) is 0.833. The smallest absolute Gasteiger partial charge is 0.358 e. The van der Waals surface area contributed by atoms with Crippen LogP contribution in [-0.2, 0) is 0 Å². The minimum absolute atomic E-state index is 0. The van der Waals surface area contributed by atoms with E-state index in [-0.39, 0.29) is 58.8 Å². The van der Waals surface area contributed by atoms with Crippen molar-refractivity contribution < 1.29 is 51.4 Å². The van der Waals surface area contributed by atoms with Crippen LogP contribution in [0.2, 0.25) is 0 Å². The molecule has 48 valence electrons. The Balaban J connectivity index is 0.000000320. The van der Waals surface area contributed by atoms with Crippen LogP contribution < -0.4 is 56.7 Å². The van der Waals surface area contributed by atoms with E-state index < -0.39 is 0 Å². The molecule has 0 aromatic carbocycles. The Kier molecular flexibility index (Phi) is 4.52. The van der Waals surface area contributed by atoms with Crippen LogP contribution in [0.3, 0.4) is 0 Å². The van der Waals surface area contributed by atoms with E-state index in [0.717, 1.165) is 5.41 Å². The van der Waals surface area contributed by atoms with E-state index in [9.17, 15) is 0 Å². The van der Waals surface area contributed by atoms with Crippen LogP contribution in [0.25, 0.3) is 0 Å². The summed E-state index contributed by atoms with van der Waals surface area (Å²) in [5, 5.41) is 3.30. The molecule has 1 spiro atoms. The normalized spacial score (nSPS) is 26.7. The molecule has 1 saturated carbocycles. The summed E-state index contributed by atoms with van der Waals surface area (Å²) >= 11 is 0. The first-order chi connectivity index (χ1) is 3.41. The van der Waals surface area contributed by atoms with Gasteiger partial charge in [0.25, 0.3) is 0 Å². The minimum atomic E-state index is 0. The maximum Gasteiger partial charge on any atom is 1.00 e. The van der Waals surface area contributed by atoms with E-state index in [1.807, 2.05) is 0 Å². The molecular formula is C7H14KN. The van der Waals surface area contributed by atoms with Gasteiger partial charge in [-0.1, -0.05) is 6.42 Å². The molecule has 2 heteroatoms. The number of hydrogen-bond donors (Lipinski definition) is 1. The van der Waals surface area contributed by atoms with Crippen molar-refractivity contribution in [3.8, 4) is 0 Å². The fourth-order valence-corrected chi connectivity index (χ4v) is 1.51. The molecule has 1 nitrogen and oxygen atoms in total. The Hall–Kier alpha value is 1.60. The third kappa shape index (κ3) is 1.79. The van der Waals surface area contributed by atoms with Crippen molar-refractivity contribution in [2.75, 3.05) is 13.1 Å². The second-order valence-electron chi connectivity index (χ2n) is 2.96. The predicted molar refractivity (Wildman–Crippen MR) is 35.6 cm³/mol. The first-order valence-corrected chi connectivity index (χ1v) is 3.12. The molecule has 9 heavy (non-hydrogen) atoms. The molecule has 2 fully saturated rings. The summed E-state index contributed by atoms with van der Waals surface area (Å²) in [5.74, 6) is 0. The Morgan fingerprint density at radius 2 is 1.67 bits per heavy atom. The van der Waals surface area contributed by atoms with Gasteiger partial charge < -0.3 is 12.7 Å². The van der Waals surface area contributed by atoms with Gasteiger partial charge in [0.1, 0.15) is 0 Å². The molecule has 0 bridgehead atoms. The van der Waals surface area contributed by atoms with Crippen molar-refractivity contribution in [1.29, 1.82) is 0 Å². The molecule has 2 aliphatic rings. The van der Waals surface area contributed by atoms with E-state index in [1.165, 1.54) is 32.4 Å².